The van der Waals surface area contributed by atoms with Crippen molar-refractivity contribution >= 4 is 18.0 Å². The molecule has 2 aromatic rings. The number of amides is 2. The highest BCUT2D eigenvalue weighted by molar-refractivity contribution is 5.88. The van der Waals surface area contributed by atoms with Gasteiger partial charge in [-0.15, -0.1) is 0 Å². The van der Waals surface area contributed by atoms with Gasteiger partial charge in [-0.2, -0.15) is 0 Å². The smallest absolute Gasteiger partial charge is 0.407 e. The number of benzene rings is 2. The van der Waals surface area contributed by atoms with E-state index >= 15 is 0 Å². The number of ether oxygens (including phenoxy) is 1. The Labute approximate surface area is 204 Å². The van der Waals surface area contributed by atoms with Gasteiger partial charge in [-0.05, 0) is 60.3 Å². The Morgan fingerprint density at radius 1 is 1.00 bits per heavy atom. The monoisotopic (exact) mass is 474 g/mol. The molecular weight excluding hydrogens is 444 g/mol. The third-order valence-corrected chi connectivity index (χ3v) is 8.32. The van der Waals surface area contributed by atoms with Crippen LogP contribution in [0.15, 0.2) is 48.5 Å². The summed E-state index contributed by atoms with van der Waals surface area (Å²) in [6.07, 6.45) is 3.66. The molecule has 6 rings (SSSR count). The molecule has 0 bridgehead atoms. The molecule has 35 heavy (non-hydrogen) atoms. The molecule has 182 valence electrons. The van der Waals surface area contributed by atoms with Crippen LogP contribution in [0.4, 0.5) is 4.79 Å². The van der Waals surface area contributed by atoms with Crippen LogP contribution in [0.3, 0.4) is 0 Å². The standard InChI is InChI=1S/C28H30N2O5/c31-25(32)11-12-30(19-9-10-19)26(33)28-14-17(28)13-18(15-28)29-27(34)35-16-24-22-7-3-1-5-20(22)21-6-2-4-8-23(21)24/h1-8,17-19,24H,9-16H2,(H,29,34)(H,31,32)/t17-,18+,28+/m1/s1. The van der Waals surface area contributed by atoms with Crippen LogP contribution in [0.2, 0.25) is 0 Å². The number of fused-ring (bicyclic) bond motifs is 4. The molecule has 3 atom stereocenters. The lowest BCUT2D eigenvalue weighted by Gasteiger charge is -2.27. The Morgan fingerprint density at radius 3 is 2.29 bits per heavy atom. The first-order valence-electron chi connectivity index (χ1n) is 12.6. The molecular formula is C28H30N2O5. The number of nitrogens with one attached hydrogen (secondary N) is 1. The van der Waals surface area contributed by atoms with Gasteiger partial charge in [-0.3, -0.25) is 9.59 Å². The zero-order valence-corrected chi connectivity index (χ0v) is 19.6. The lowest BCUT2D eigenvalue weighted by molar-refractivity contribution is -0.141. The van der Waals surface area contributed by atoms with E-state index in [9.17, 15) is 14.4 Å². The SMILES string of the molecule is O=C(O)CCN(C(=O)[C@@]12C[C@@H](NC(=O)OCC3c4ccccc4-c4ccccc43)C[C@@H]1C2)C1CC1. The summed E-state index contributed by atoms with van der Waals surface area (Å²) >= 11 is 0. The summed E-state index contributed by atoms with van der Waals surface area (Å²) in [4.78, 5) is 38.9. The first kappa shape index (κ1) is 22.1. The van der Waals surface area contributed by atoms with Crippen molar-refractivity contribution < 1.29 is 24.2 Å². The lowest BCUT2D eigenvalue weighted by atomic mass is 9.98. The highest BCUT2D eigenvalue weighted by atomic mass is 16.5. The fourth-order valence-corrected chi connectivity index (χ4v) is 6.41. The van der Waals surface area contributed by atoms with Gasteiger partial charge >= 0.3 is 12.1 Å². The molecule has 2 N–H and O–H groups in total. The van der Waals surface area contributed by atoms with Gasteiger partial charge in [0.05, 0.1) is 11.8 Å². The predicted molar refractivity (Wildman–Crippen MR) is 129 cm³/mol. The van der Waals surface area contributed by atoms with Crippen molar-refractivity contribution in [3.05, 3.63) is 59.7 Å². The Hall–Kier alpha value is -3.35. The second-order valence-corrected chi connectivity index (χ2v) is 10.5. The lowest BCUT2D eigenvalue weighted by Crippen LogP contribution is -2.42. The van der Waals surface area contributed by atoms with E-state index in [2.05, 4.69) is 29.6 Å². The molecule has 7 nitrogen and oxygen atoms in total. The maximum Gasteiger partial charge on any atom is 0.407 e. The highest BCUT2D eigenvalue weighted by Crippen LogP contribution is 2.64. The van der Waals surface area contributed by atoms with Crippen LogP contribution in [-0.2, 0) is 14.3 Å². The number of carboxylic acid groups (broad SMARTS) is 1. The average molecular weight is 475 g/mol. The molecule has 3 fully saturated rings. The van der Waals surface area contributed by atoms with Crippen LogP contribution in [0, 0.1) is 11.3 Å². The van der Waals surface area contributed by atoms with Crippen molar-refractivity contribution in [1.29, 1.82) is 0 Å². The maximum absolute atomic E-state index is 13.4. The van der Waals surface area contributed by atoms with Crippen molar-refractivity contribution in [2.75, 3.05) is 13.2 Å². The second kappa shape index (κ2) is 8.40. The van der Waals surface area contributed by atoms with Crippen molar-refractivity contribution in [2.45, 2.75) is 56.5 Å². The minimum Gasteiger partial charge on any atom is -0.481 e. The molecule has 0 spiro atoms. The van der Waals surface area contributed by atoms with E-state index in [0.717, 1.165) is 25.7 Å². The Morgan fingerprint density at radius 2 is 1.66 bits per heavy atom. The summed E-state index contributed by atoms with van der Waals surface area (Å²) < 4.78 is 5.70. The van der Waals surface area contributed by atoms with E-state index in [-0.39, 0.29) is 49.4 Å². The van der Waals surface area contributed by atoms with Crippen molar-refractivity contribution in [3.8, 4) is 11.1 Å². The number of carbonyl (C=O) groups excluding carboxylic acids is 2. The first-order chi connectivity index (χ1) is 17.0. The first-order valence-corrected chi connectivity index (χ1v) is 12.6. The second-order valence-electron chi connectivity index (χ2n) is 10.5. The summed E-state index contributed by atoms with van der Waals surface area (Å²) in [5.74, 6) is -0.517. The molecule has 0 saturated heterocycles. The summed E-state index contributed by atoms with van der Waals surface area (Å²) in [5.41, 5.74) is 4.31. The van der Waals surface area contributed by atoms with Gasteiger partial charge in [0, 0.05) is 24.5 Å². The van der Waals surface area contributed by atoms with Crippen molar-refractivity contribution in [2.24, 2.45) is 11.3 Å². The van der Waals surface area contributed by atoms with E-state index in [1.165, 1.54) is 22.3 Å². The van der Waals surface area contributed by atoms with Gasteiger partial charge in [-0.25, -0.2) is 4.79 Å². The molecule has 0 radical (unpaired) electrons. The normalized spacial score (nSPS) is 25.8. The minimum atomic E-state index is -0.880. The Bertz CT molecular complexity index is 1150. The van der Waals surface area contributed by atoms with Crippen LogP contribution in [0.1, 0.15) is 55.6 Å². The van der Waals surface area contributed by atoms with Gasteiger partial charge in [0.15, 0.2) is 0 Å². The summed E-state index contributed by atoms with van der Waals surface area (Å²) in [6.45, 7) is 0.544. The van der Waals surface area contributed by atoms with Crippen LogP contribution < -0.4 is 5.32 Å². The van der Waals surface area contributed by atoms with Crippen LogP contribution >= 0.6 is 0 Å². The Balaban J connectivity index is 1.06. The number of carbonyl (C=O) groups is 3. The molecule has 4 aliphatic rings. The van der Waals surface area contributed by atoms with Crippen LogP contribution in [0.25, 0.3) is 11.1 Å². The van der Waals surface area contributed by atoms with Gasteiger partial charge in [0.25, 0.3) is 0 Å². The number of carboxylic acids is 1. The third kappa shape index (κ3) is 3.97. The van der Waals surface area contributed by atoms with Gasteiger partial charge in [-0.1, -0.05) is 48.5 Å². The maximum atomic E-state index is 13.4. The quantitative estimate of drug-likeness (QED) is 0.599. The summed E-state index contributed by atoms with van der Waals surface area (Å²) in [6, 6.07) is 16.6. The zero-order valence-electron chi connectivity index (χ0n) is 19.6. The fraction of sp³-hybridized carbons (Fsp3) is 0.464. The molecule has 3 saturated carbocycles. The van der Waals surface area contributed by atoms with E-state index in [1.54, 1.807) is 4.90 Å². The number of hydrogen-bond acceptors (Lipinski definition) is 4. The topological polar surface area (TPSA) is 95.9 Å². The van der Waals surface area contributed by atoms with E-state index in [0.29, 0.717) is 6.42 Å². The zero-order chi connectivity index (χ0) is 24.2. The Kier molecular flexibility index (Phi) is 5.31. The van der Waals surface area contributed by atoms with E-state index in [1.807, 2.05) is 24.3 Å². The fourth-order valence-electron chi connectivity index (χ4n) is 6.41. The number of alkyl carbamates (subject to hydrolysis) is 1. The molecule has 2 amide bonds. The molecule has 7 heteroatoms. The number of nitrogens with zero attached hydrogens (tertiary/aromatic N) is 1. The van der Waals surface area contributed by atoms with Crippen molar-refractivity contribution in [1.82, 2.24) is 10.2 Å². The minimum absolute atomic E-state index is 0.0133. The number of hydrogen-bond donors (Lipinski definition) is 2. The highest BCUT2D eigenvalue weighted by Gasteiger charge is 2.66. The van der Waals surface area contributed by atoms with Gasteiger partial charge in [0.1, 0.15) is 6.61 Å². The van der Waals surface area contributed by atoms with E-state index in [4.69, 9.17) is 9.84 Å². The number of rotatable bonds is 8. The summed E-state index contributed by atoms with van der Waals surface area (Å²) in [5, 5.41) is 12.1. The average Bonchev–Trinajstić information content (AvgIpc) is 3.75. The summed E-state index contributed by atoms with van der Waals surface area (Å²) in [7, 11) is 0. The van der Waals surface area contributed by atoms with Gasteiger partial charge in [0.2, 0.25) is 5.91 Å². The molecule has 0 heterocycles. The van der Waals surface area contributed by atoms with Gasteiger partial charge < -0.3 is 20.1 Å². The van der Waals surface area contributed by atoms with Crippen LogP contribution in [0.5, 0.6) is 0 Å². The van der Waals surface area contributed by atoms with Crippen molar-refractivity contribution in [3.63, 3.8) is 0 Å². The molecule has 0 aromatic heterocycles. The number of aliphatic carboxylic acids is 1. The molecule has 0 aliphatic heterocycles. The van der Waals surface area contributed by atoms with E-state index < -0.39 is 17.5 Å². The third-order valence-electron chi connectivity index (χ3n) is 8.32. The molecule has 4 aliphatic carbocycles. The molecule has 2 aromatic carbocycles. The largest absolute Gasteiger partial charge is 0.481 e. The van der Waals surface area contributed by atoms with Crippen LogP contribution in [-0.4, -0.2) is 53.2 Å². The predicted octanol–water partition coefficient (Wildman–Crippen LogP) is 4.16. The molecule has 0 unspecified atom stereocenters.